The smallest absolute Gasteiger partial charge is 0.306 e. The van der Waals surface area contributed by atoms with E-state index in [9.17, 15) is 18.0 Å². The summed E-state index contributed by atoms with van der Waals surface area (Å²) >= 11 is 0. The second-order valence-electron chi connectivity index (χ2n) is 8.63. The molecule has 0 saturated heterocycles. The lowest BCUT2D eigenvalue weighted by atomic mass is 9.79. The second-order valence-corrected chi connectivity index (χ2v) is 10.2. The highest BCUT2D eigenvalue weighted by molar-refractivity contribution is 7.90. The molecule has 9 nitrogen and oxygen atoms in total. The molecule has 0 bridgehead atoms. The van der Waals surface area contributed by atoms with Crippen molar-refractivity contribution in [2.45, 2.75) is 43.4 Å². The van der Waals surface area contributed by atoms with E-state index in [1.165, 1.54) is 6.07 Å². The van der Waals surface area contributed by atoms with Crippen molar-refractivity contribution in [1.82, 2.24) is 0 Å². The summed E-state index contributed by atoms with van der Waals surface area (Å²) in [5.74, 6) is 0.0525. The zero-order chi connectivity index (χ0) is 24.2. The third-order valence-corrected chi connectivity index (χ3v) is 7.51. The van der Waals surface area contributed by atoms with Crippen LogP contribution in [-0.2, 0) is 24.3 Å². The number of hydrogen-bond acceptors (Lipinski definition) is 7. The first-order chi connectivity index (χ1) is 16.3. The SMILES string of the molecule is COc1ccc(NC(=O)COC(=O)CC2(CC3=NS(=O)(=O)c4ccccc4N3)CCCC2)cc1. The van der Waals surface area contributed by atoms with Crippen LogP contribution in [0.2, 0.25) is 0 Å². The molecule has 0 unspecified atom stereocenters. The zero-order valence-electron chi connectivity index (χ0n) is 18.9. The molecule has 10 heteroatoms. The number of nitrogens with zero attached hydrogens (tertiary/aromatic N) is 1. The van der Waals surface area contributed by atoms with Crippen LogP contribution in [-0.4, -0.2) is 39.8 Å². The van der Waals surface area contributed by atoms with Gasteiger partial charge in [-0.05, 0) is 54.7 Å². The number of carbonyl (C=O) groups excluding carboxylic acids is 2. The van der Waals surface area contributed by atoms with E-state index in [2.05, 4.69) is 15.0 Å². The average Bonchev–Trinajstić information content (AvgIpc) is 3.25. The van der Waals surface area contributed by atoms with Crippen molar-refractivity contribution in [3.05, 3.63) is 48.5 Å². The molecule has 1 amide bonds. The van der Waals surface area contributed by atoms with Crippen molar-refractivity contribution in [3.63, 3.8) is 0 Å². The van der Waals surface area contributed by atoms with Gasteiger partial charge in [0, 0.05) is 12.1 Å². The monoisotopic (exact) mass is 485 g/mol. The Labute approximate surface area is 198 Å². The van der Waals surface area contributed by atoms with Gasteiger partial charge in [0.15, 0.2) is 6.61 Å². The van der Waals surface area contributed by atoms with Crippen LogP contribution in [0.1, 0.15) is 38.5 Å². The maximum atomic E-state index is 12.6. The van der Waals surface area contributed by atoms with E-state index in [4.69, 9.17) is 9.47 Å². The van der Waals surface area contributed by atoms with Crippen molar-refractivity contribution < 1.29 is 27.5 Å². The van der Waals surface area contributed by atoms with Gasteiger partial charge in [0.05, 0.1) is 19.2 Å². The van der Waals surface area contributed by atoms with Gasteiger partial charge in [0.2, 0.25) is 0 Å². The molecule has 2 aliphatic rings. The first-order valence-electron chi connectivity index (χ1n) is 11.1. The minimum atomic E-state index is -3.80. The molecular formula is C24H27N3O6S. The molecule has 0 aromatic heterocycles. The molecule has 1 saturated carbocycles. The summed E-state index contributed by atoms with van der Waals surface area (Å²) in [6.07, 6.45) is 3.77. The van der Waals surface area contributed by atoms with Crippen LogP contribution in [0.4, 0.5) is 11.4 Å². The number of fused-ring (bicyclic) bond motifs is 1. The number of anilines is 2. The third-order valence-electron chi connectivity index (χ3n) is 6.14. The molecule has 2 N–H and O–H groups in total. The Morgan fingerprint density at radius 2 is 1.79 bits per heavy atom. The quantitative estimate of drug-likeness (QED) is 0.546. The van der Waals surface area contributed by atoms with Crippen molar-refractivity contribution >= 4 is 39.1 Å². The summed E-state index contributed by atoms with van der Waals surface area (Å²) in [5, 5.41) is 5.78. The Morgan fingerprint density at radius 1 is 1.09 bits per heavy atom. The minimum absolute atomic E-state index is 0.0885. The van der Waals surface area contributed by atoms with Crippen LogP contribution in [0.15, 0.2) is 57.8 Å². The van der Waals surface area contributed by atoms with Crippen molar-refractivity contribution in [1.29, 1.82) is 0 Å². The summed E-state index contributed by atoms with van der Waals surface area (Å²) in [6, 6.07) is 13.4. The molecule has 2 aromatic rings. The number of rotatable bonds is 8. The fraction of sp³-hybridized carbons (Fsp3) is 0.375. The maximum absolute atomic E-state index is 12.6. The Morgan fingerprint density at radius 3 is 2.50 bits per heavy atom. The third kappa shape index (κ3) is 5.56. The largest absolute Gasteiger partial charge is 0.497 e. The van der Waals surface area contributed by atoms with Gasteiger partial charge in [-0.2, -0.15) is 8.42 Å². The van der Waals surface area contributed by atoms with Gasteiger partial charge >= 0.3 is 5.97 Å². The number of nitrogens with one attached hydrogen (secondary N) is 2. The lowest BCUT2D eigenvalue weighted by Gasteiger charge is -2.30. The number of para-hydroxylation sites is 1. The molecule has 1 fully saturated rings. The number of hydrogen-bond donors (Lipinski definition) is 2. The highest BCUT2D eigenvalue weighted by Crippen LogP contribution is 2.45. The van der Waals surface area contributed by atoms with E-state index < -0.39 is 33.9 Å². The zero-order valence-corrected chi connectivity index (χ0v) is 19.7. The lowest BCUT2D eigenvalue weighted by molar-refractivity contribution is -0.149. The Balaban J connectivity index is 1.36. The molecule has 0 radical (unpaired) electrons. The highest BCUT2D eigenvalue weighted by Gasteiger charge is 2.39. The van der Waals surface area contributed by atoms with Gasteiger partial charge in [-0.15, -0.1) is 4.40 Å². The van der Waals surface area contributed by atoms with Crippen molar-refractivity contribution in [3.8, 4) is 5.75 Å². The predicted molar refractivity (Wildman–Crippen MR) is 127 cm³/mol. The predicted octanol–water partition coefficient (Wildman–Crippen LogP) is 3.73. The van der Waals surface area contributed by atoms with Crippen molar-refractivity contribution in [2.75, 3.05) is 24.4 Å². The molecule has 1 aliphatic carbocycles. The van der Waals surface area contributed by atoms with Crippen molar-refractivity contribution in [2.24, 2.45) is 9.81 Å². The van der Waals surface area contributed by atoms with Crippen LogP contribution in [0, 0.1) is 5.41 Å². The normalized spacial score (nSPS) is 17.6. The highest BCUT2D eigenvalue weighted by atomic mass is 32.2. The van der Waals surface area contributed by atoms with Gasteiger partial charge in [-0.1, -0.05) is 25.0 Å². The molecule has 1 heterocycles. The molecule has 180 valence electrons. The number of ether oxygens (including phenoxy) is 2. The van der Waals surface area contributed by atoms with Crippen LogP contribution in [0.3, 0.4) is 0 Å². The van der Waals surface area contributed by atoms with E-state index in [1.54, 1.807) is 49.6 Å². The van der Waals surface area contributed by atoms with E-state index in [0.717, 1.165) is 25.7 Å². The summed E-state index contributed by atoms with van der Waals surface area (Å²) in [7, 11) is -2.24. The standard InChI is InChI=1S/C24H27N3O6S/c1-32-18-10-8-17(9-11-18)25-22(28)16-33-23(29)15-24(12-4-5-13-24)14-21-26-19-6-2-3-7-20(19)34(30,31)27-21/h2-3,6-11H,4-5,12-16H2,1H3,(H,25,28)(H,26,27). The van der Waals surface area contributed by atoms with E-state index >= 15 is 0 Å². The summed E-state index contributed by atoms with van der Waals surface area (Å²) in [5.41, 5.74) is 0.590. The summed E-state index contributed by atoms with van der Waals surface area (Å²) in [4.78, 5) is 24.9. The Hall–Kier alpha value is -3.40. The molecule has 1 aliphatic heterocycles. The second kappa shape index (κ2) is 9.84. The van der Waals surface area contributed by atoms with Crippen LogP contribution < -0.4 is 15.4 Å². The number of amidine groups is 1. The topological polar surface area (TPSA) is 123 Å². The Kier molecular flexibility index (Phi) is 6.87. The van der Waals surface area contributed by atoms with E-state index in [1.807, 2.05) is 0 Å². The van der Waals surface area contributed by atoms with Crippen LogP contribution in [0.5, 0.6) is 5.75 Å². The fourth-order valence-corrected chi connectivity index (χ4v) is 5.66. The molecule has 34 heavy (non-hydrogen) atoms. The number of esters is 1. The minimum Gasteiger partial charge on any atom is -0.497 e. The van der Waals surface area contributed by atoms with Gasteiger partial charge in [-0.3, -0.25) is 9.59 Å². The molecule has 2 aromatic carbocycles. The first-order valence-corrected chi connectivity index (χ1v) is 12.5. The Bertz CT molecular complexity index is 1200. The van der Waals surface area contributed by atoms with E-state index in [0.29, 0.717) is 29.4 Å². The molecule has 0 spiro atoms. The maximum Gasteiger partial charge on any atom is 0.306 e. The van der Waals surface area contributed by atoms with Gasteiger partial charge in [0.1, 0.15) is 16.5 Å². The molecular weight excluding hydrogens is 458 g/mol. The van der Waals surface area contributed by atoms with Gasteiger partial charge in [0.25, 0.3) is 15.9 Å². The summed E-state index contributed by atoms with van der Waals surface area (Å²) < 4.78 is 39.4. The number of amides is 1. The number of methoxy groups -OCH3 is 1. The van der Waals surface area contributed by atoms with E-state index in [-0.39, 0.29) is 11.3 Å². The van der Waals surface area contributed by atoms with Gasteiger partial charge in [-0.25, -0.2) is 0 Å². The summed E-state index contributed by atoms with van der Waals surface area (Å²) in [6.45, 7) is -0.401. The average molecular weight is 486 g/mol. The first kappa shape index (κ1) is 23.7. The number of benzene rings is 2. The number of sulfonamides is 1. The van der Waals surface area contributed by atoms with Crippen LogP contribution >= 0.6 is 0 Å². The fourth-order valence-electron chi connectivity index (χ4n) is 4.51. The molecule has 4 rings (SSSR count). The lowest BCUT2D eigenvalue weighted by Crippen LogP contribution is -2.32. The number of carbonyl (C=O) groups is 2. The van der Waals surface area contributed by atoms with Crippen LogP contribution in [0.25, 0.3) is 0 Å². The molecule has 0 atom stereocenters. The van der Waals surface area contributed by atoms with Gasteiger partial charge < -0.3 is 20.1 Å².